The smallest absolute Gasteiger partial charge is 0.261 e. The molecule has 0 aliphatic carbocycles. The van der Waals surface area contributed by atoms with Gasteiger partial charge in [-0.25, -0.2) is 4.98 Å². The number of ether oxygens (including phenoxy) is 1. The Morgan fingerprint density at radius 3 is 2.65 bits per heavy atom. The van der Waals surface area contributed by atoms with Crippen LogP contribution in [-0.2, 0) is 0 Å². The highest BCUT2D eigenvalue weighted by molar-refractivity contribution is 7.80. The Morgan fingerprint density at radius 2 is 1.90 bits per heavy atom. The second-order valence-electron chi connectivity index (χ2n) is 6.77. The summed E-state index contributed by atoms with van der Waals surface area (Å²) in [5.41, 5.74) is 4.06. The number of thiocarbonyl (C=S) groups is 1. The van der Waals surface area contributed by atoms with Crippen molar-refractivity contribution in [2.75, 3.05) is 12.4 Å². The molecule has 0 atom stereocenters. The zero-order valence-electron chi connectivity index (χ0n) is 16.7. The molecule has 3 aromatic carbocycles. The molecular weight excluding hydrogens is 434 g/mol. The zero-order chi connectivity index (χ0) is 22.0. The number of benzene rings is 3. The van der Waals surface area contributed by atoms with Gasteiger partial charge < -0.3 is 14.5 Å². The van der Waals surface area contributed by atoms with Crippen molar-refractivity contribution in [3.8, 4) is 17.2 Å². The molecule has 0 saturated heterocycles. The standard InChI is InChI=1S/C23H18ClN3O3S/c1-13-4-3-5-17(20(13)29-2)21(28)27-23(31)25-16-10-11-19-18(12-16)26-22(30-19)14-6-8-15(24)9-7-14/h3-12H,1-2H3,(H2,25,27,28,31). The monoisotopic (exact) mass is 451 g/mol. The number of hydrogen-bond acceptors (Lipinski definition) is 5. The number of amides is 1. The van der Waals surface area contributed by atoms with Crippen molar-refractivity contribution in [1.29, 1.82) is 0 Å². The largest absolute Gasteiger partial charge is 0.496 e. The molecule has 4 aromatic rings. The van der Waals surface area contributed by atoms with Crippen LogP contribution >= 0.6 is 23.8 Å². The van der Waals surface area contributed by atoms with E-state index >= 15 is 0 Å². The van der Waals surface area contributed by atoms with Crippen molar-refractivity contribution in [3.05, 3.63) is 76.8 Å². The fourth-order valence-corrected chi connectivity index (χ4v) is 3.49. The summed E-state index contributed by atoms with van der Waals surface area (Å²) in [6.07, 6.45) is 0. The molecule has 1 heterocycles. The van der Waals surface area contributed by atoms with Crippen LogP contribution in [0.4, 0.5) is 5.69 Å². The van der Waals surface area contributed by atoms with Gasteiger partial charge >= 0.3 is 0 Å². The summed E-state index contributed by atoms with van der Waals surface area (Å²) in [5.74, 6) is 0.651. The molecule has 1 amide bonds. The van der Waals surface area contributed by atoms with Crippen LogP contribution in [0.2, 0.25) is 5.02 Å². The summed E-state index contributed by atoms with van der Waals surface area (Å²) in [5, 5.41) is 6.48. The van der Waals surface area contributed by atoms with Crippen LogP contribution in [0, 0.1) is 6.92 Å². The first-order chi connectivity index (χ1) is 14.9. The molecule has 0 fully saturated rings. The number of carbonyl (C=O) groups excluding carboxylic acids is 1. The number of aromatic nitrogens is 1. The van der Waals surface area contributed by atoms with E-state index in [4.69, 9.17) is 33.0 Å². The third kappa shape index (κ3) is 4.52. The Morgan fingerprint density at radius 1 is 1.13 bits per heavy atom. The molecule has 156 valence electrons. The highest BCUT2D eigenvalue weighted by atomic mass is 35.5. The predicted molar refractivity (Wildman–Crippen MR) is 126 cm³/mol. The number of anilines is 1. The van der Waals surface area contributed by atoms with Crippen molar-refractivity contribution in [2.45, 2.75) is 6.92 Å². The van der Waals surface area contributed by atoms with Crippen molar-refractivity contribution in [3.63, 3.8) is 0 Å². The summed E-state index contributed by atoms with van der Waals surface area (Å²) in [4.78, 5) is 17.1. The number of para-hydroxylation sites is 1. The molecule has 2 N–H and O–H groups in total. The molecule has 6 nitrogen and oxygen atoms in total. The summed E-state index contributed by atoms with van der Waals surface area (Å²) < 4.78 is 11.2. The quantitative estimate of drug-likeness (QED) is 0.394. The summed E-state index contributed by atoms with van der Waals surface area (Å²) >= 11 is 11.2. The van der Waals surface area contributed by atoms with E-state index in [1.807, 2.05) is 25.1 Å². The summed E-state index contributed by atoms with van der Waals surface area (Å²) in [7, 11) is 1.53. The highest BCUT2D eigenvalue weighted by Gasteiger charge is 2.15. The van der Waals surface area contributed by atoms with Gasteiger partial charge in [0.15, 0.2) is 10.7 Å². The number of rotatable bonds is 4. The third-order valence-electron chi connectivity index (χ3n) is 4.62. The average molecular weight is 452 g/mol. The van der Waals surface area contributed by atoms with E-state index in [0.717, 1.165) is 11.1 Å². The predicted octanol–water partition coefficient (Wildman–Crippen LogP) is 5.59. The van der Waals surface area contributed by atoms with E-state index in [1.165, 1.54) is 7.11 Å². The summed E-state index contributed by atoms with van der Waals surface area (Å²) in [6, 6.07) is 18.0. The Bertz CT molecular complexity index is 1290. The van der Waals surface area contributed by atoms with Crippen LogP contribution in [-0.4, -0.2) is 23.1 Å². The van der Waals surface area contributed by atoms with E-state index in [1.54, 1.807) is 42.5 Å². The SMILES string of the molecule is COc1c(C)cccc1C(=O)NC(=S)Nc1ccc2oc(-c3ccc(Cl)cc3)nc2c1. The van der Waals surface area contributed by atoms with E-state index in [2.05, 4.69) is 15.6 Å². The number of halogens is 1. The lowest BCUT2D eigenvalue weighted by atomic mass is 10.1. The van der Waals surface area contributed by atoms with Gasteiger partial charge in [0.25, 0.3) is 5.91 Å². The van der Waals surface area contributed by atoms with Crippen molar-refractivity contribution >= 4 is 51.6 Å². The molecule has 0 bridgehead atoms. The van der Waals surface area contributed by atoms with E-state index in [9.17, 15) is 4.79 Å². The van der Waals surface area contributed by atoms with Crippen molar-refractivity contribution in [2.24, 2.45) is 0 Å². The second-order valence-corrected chi connectivity index (χ2v) is 7.62. The minimum absolute atomic E-state index is 0.161. The third-order valence-corrected chi connectivity index (χ3v) is 5.08. The van der Waals surface area contributed by atoms with Gasteiger partial charge in [0.1, 0.15) is 11.3 Å². The Balaban J connectivity index is 1.49. The minimum Gasteiger partial charge on any atom is -0.496 e. The molecular formula is C23H18ClN3O3S. The first-order valence-corrected chi connectivity index (χ1v) is 10.2. The first-order valence-electron chi connectivity index (χ1n) is 9.37. The Hall–Kier alpha value is -3.42. The molecule has 31 heavy (non-hydrogen) atoms. The maximum atomic E-state index is 12.6. The van der Waals surface area contributed by atoms with Gasteiger partial charge in [0, 0.05) is 16.3 Å². The Labute approximate surface area is 189 Å². The lowest BCUT2D eigenvalue weighted by molar-refractivity contribution is 0.0974. The topological polar surface area (TPSA) is 76.4 Å². The molecule has 4 rings (SSSR count). The van der Waals surface area contributed by atoms with Crippen LogP contribution < -0.4 is 15.4 Å². The molecule has 0 saturated carbocycles. The molecule has 8 heteroatoms. The van der Waals surface area contributed by atoms with Gasteiger partial charge in [-0.1, -0.05) is 23.7 Å². The van der Waals surface area contributed by atoms with Gasteiger partial charge in [0.05, 0.1) is 12.7 Å². The number of aryl methyl sites for hydroxylation is 1. The minimum atomic E-state index is -0.356. The van der Waals surface area contributed by atoms with Crippen molar-refractivity contribution in [1.82, 2.24) is 10.3 Å². The van der Waals surface area contributed by atoms with Crippen LogP contribution in [0.25, 0.3) is 22.6 Å². The first kappa shape index (κ1) is 20.8. The number of methoxy groups -OCH3 is 1. The maximum absolute atomic E-state index is 12.6. The van der Waals surface area contributed by atoms with Crippen LogP contribution in [0.3, 0.4) is 0 Å². The molecule has 0 aliphatic rings. The fourth-order valence-electron chi connectivity index (χ4n) is 3.16. The molecule has 0 radical (unpaired) electrons. The number of nitrogens with zero attached hydrogens (tertiary/aromatic N) is 1. The molecule has 0 unspecified atom stereocenters. The maximum Gasteiger partial charge on any atom is 0.261 e. The van der Waals surface area contributed by atoms with Gasteiger partial charge in [-0.05, 0) is 73.2 Å². The highest BCUT2D eigenvalue weighted by Crippen LogP contribution is 2.27. The molecule has 0 aliphatic heterocycles. The number of hydrogen-bond donors (Lipinski definition) is 2. The number of fused-ring (bicyclic) bond motifs is 1. The number of nitrogens with one attached hydrogen (secondary N) is 2. The van der Waals surface area contributed by atoms with Crippen LogP contribution in [0.5, 0.6) is 5.75 Å². The number of oxazole rings is 1. The van der Waals surface area contributed by atoms with E-state index < -0.39 is 0 Å². The van der Waals surface area contributed by atoms with Gasteiger partial charge in [0.2, 0.25) is 5.89 Å². The van der Waals surface area contributed by atoms with Gasteiger partial charge in [-0.15, -0.1) is 0 Å². The van der Waals surface area contributed by atoms with Crippen molar-refractivity contribution < 1.29 is 13.9 Å². The van der Waals surface area contributed by atoms with Crippen LogP contribution in [0.15, 0.2) is 65.1 Å². The average Bonchev–Trinajstić information content (AvgIpc) is 3.17. The zero-order valence-corrected chi connectivity index (χ0v) is 18.3. The van der Waals surface area contributed by atoms with Crippen LogP contribution in [0.1, 0.15) is 15.9 Å². The molecule has 0 spiro atoms. The van der Waals surface area contributed by atoms with Gasteiger partial charge in [-0.2, -0.15) is 0 Å². The van der Waals surface area contributed by atoms with Gasteiger partial charge in [-0.3, -0.25) is 10.1 Å². The second kappa shape index (κ2) is 8.75. The van der Waals surface area contributed by atoms with E-state index in [-0.39, 0.29) is 11.0 Å². The lowest BCUT2D eigenvalue weighted by Gasteiger charge is -2.13. The van der Waals surface area contributed by atoms with E-state index in [0.29, 0.717) is 39.0 Å². The fraction of sp³-hybridized carbons (Fsp3) is 0.0870. The lowest BCUT2D eigenvalue weighted by Crippen LogP contribution is -2.34. The summed E-state index contributed by atoms with van der Waals surface area (Å²) in [6.45, 7) is 1.87. The number of carbonyl (C=O) groups is 1. The molecule has 1 aromatic heterocycles. The normalized spacial score (nSPS) is 10.7. The Kier molecular flexibility index (Phi) is 5.88.